The molecule has 1 aliphatic rings. The number of amides is 2. The van der Waals surface area contributed by atoms with Gasteiger partial charge in [0.2, 0.25) is 0 Å². The summed E-state index contributed by atoms with van der Waals surface area (Å²) in [6.45, 7) is 7.45. The largest absolute Gasteiger partial charge is 0.449 e. The smallest absolute Gasteiger partial charge is 0.407 e. The van der Waals surface area contributed by atoms with Crippen LogP contribution in [0.1, 0.15) is 71.9 Å². The van der Waals surface area contributed by atoms with Crippen molar-refractivity contribution in [2.24, 2.45) is 5.41 Å². The second-order valence-electron chi connectivity index (χ2n) is 15.5. The molecule has 2 amide bonds. The topological polar surface area (TPSA) is 63.6 Å². The summed E-state index contributed by atoms with van der Waals surface area (Å²) in [5.41, 5.74) is 7.07. The summed E-state index contributed by atoms with van der Waals surface area (Å²) in [5.74, 6) is -1.30. The molecule has 0 unspecified atom stereocenters. The summed E-state index contributed by atoms with van der Waals surface area (Å²) < 4.78 is 37.6. The van der Waals surface area contributed by atoms with E-state index in [4.69, 9.17) is 4.74 Å². The summed E-state index contributed by atoms with van der Waals surface area (Å²) in [5, 5.41) is 2.92. The number of hydrogen-bond donors (Lipinski definition) is 1. The second-order valence-corrected chi connectivity index (χ2v) is 16.4. The van der Waals surface area contributed by atoms with E-state index in [0.717, 1.165) is 50.5 Å². The molecule has 292 valence electrons. The zero-order chi connectivity index (χ0) is 40.1. The SMILES string of the molecule is CSc1ccc(C(=O)N(CCCNC(=O)OCC2c3ccccc3-c3ccccc32)[C@@H](c2cc(-c3cc(F)ccc3F)cn2Cc2ccccc2)C(C)(C)C)cc1. The van der Waals surface area contributed by atoms with Crippen molar-refractivity contribution < 1.29 is 23.1 Å². The monoisotopic (exact) mass is 783 g/mol. The number of carbonyl (C=O) groups excluding carboxylic acids is 2. The first-order valence-electron chi connectivity index (χ1n) is 19.2. The van der Waals surface area contributed by atoms with Crippen molar-refractivity contribution in [2.75, 3.05) is 26.0 Å². The van der Waals surface area contributed by atoms with Crippen LogP contribution in [0.2, 0.25) is 0 Å². The number of rotatable bonds is 13. The number of ether oxygens (including phenoxy) is 1. The van der Waals surface area contributed by atoms with E-state index in [0.29, 0.717) is 30.6 Å². The van der Waals surface area contributed by atoms with Crippen LogP contribution in [0.15, 0.2) is 138 Å². The highest BCUT2D eigenvalue weighted by molar-refractivity contribution is 7.98. The highest BCUT2D eigenvalue weighted by atomic mass is 32.2. The van der Waals surface area contributed by atoms with Crippen LogP contribution in [0, 0.1) is 17.0 Å². The highest BCUT2D eigenvalue weighted by Crippen LogP contribution is 2.45. The molecule has 0 saturated heterocycles. The van der Waals surface area contributed by atoms with Gasteiger partial charge in [-0.05, 0) is 94.4 Å². The Labute approximate surface area is 337 Å². The zero-order valence-corrected chi connectivity index (χ0v) is 33.5. The van der Waals surface area contributed by atoms with E-state index in [1.54, 1.807) is 11.8 Å². The van der Waals surface area contributed by atoms with Gasteiger partial charge >= 0.3 is 6.09 Å². The van der Waals surface area contributed by atoms with E-state index in [9.17, 15) is 14.0 Å². The predicted octanol–water partition coefficient (Wildman–Crippen LogP) is 11.4. The number of fused-ring (bicyclic) bond motifs is 3. The van der Waals surface area contributed by atoms with Gasteiger partial charge in [0, 0.05) is 59.0 Å². The molecule has 1 N–H and O–H groups in total. The molecule has 0 fully saturated rings. The van der Waals surface area contributed by atoms with Crippen molar-refractivity contribution >= 4 is 23.8 Å². The van der Waals surface area contributed by atoms with E-state index in [2.05, 4.69) is 50.4 Å². The van der Waals surface area contributed by atoms with Crippen molar-refractivity contribution in [3.8, 4) is 22.3 Å². The van der Waals surface area contributed by atoms with Gasteiger partial charge in [0.05, 0.1) is 6.04 Å². The van der Waals surface area contributed by atoms with Crippen LogP contribution in [0.4, 0.5) is 13.6 Å². The maximum atomic E-state index is 15.3. The fraction of sp³-hybridized carbons (Fsp3) is 0.250. The van der Waals surface area contributed by atoms with Gasteiger partial charge in [-0.25, -0.2) is 13.6 Å². The van der Waals surface area contributed by atoms with E-state index < -0.39 is 29.2 Å². The summed E-state index contributed by atoms with van der Waals surface area (Å²) in [6, 6.07) is 38.7. The van der Waals surface area contributed by atoms with Gasteiger partial charge in [-0.2, -0.15) is 0 Å². The Morgan fingerprint density at radius 1 is 0.825 bits per heavy atom. The number of nitrogens with one attached hydrogen (secondary N) is 1. The Bertz CT molecular complexity index is 2310. The zero-order valence-electron chi connectivity index (χ0n) is 32.7. The quantitative estimate of drug-likeness (QED) is 0.0936. The average Bonchev–Trinajstić information content (AvgIpc) is 3.77. The van der Waals surface area contributed by atoms with E-state index in [1.807, 2.05) is 107 Å². The lowest BCUT2D eigenvalue weighted by molar-refractivity contribution is 0.0491. The van der Waals surface area contributed by atoms with Gasteiger partial charge in [-0.3, -0.25) is 4.79 Å². The molecular weight excluding hydrogens is 737 g/mol. The van der Waals surface area contributed by atoms with Crippen molar-refractivity contribution in [1.82, 2.24) is 14.8 Å². The van der Waals surface area contributed by atoms with Crippen LogP contribution in [-0.4, -0.2) is 47.4 Å². The molecule has 7 rings (SSSR count). The molecule has 5 aromatic carbocycles. The van der Waals surface area contributed by atoms with Crippen LogP contribution in [0.5, 0.6) is 0 Å². The number of alkyl carbamates (subject to hydrolysis) is 1. The Kier molecular flexibility index (Phi) is 12.0. The molecular formula is C48H47F2N3O3S. The number of benzene rings is 5. The molecule has 6 nitrogen and oxygen atoms in total. The van der Waals surface area contributed by atoms with Crippen LogP contribution >= 0.6 is 11.8 Å². The Morgan fingerprint density at radius 3 is 2.12 bits per heavy atom. The number of thioether (sulfide) groups is 1. The number of aromatic nitrogens is 1. The van der Waals surface area contributed by atoms with Gasteiger partial charge in [0.15, 0.2) is 0 Å². The van der Waals surface area contributed by atoms with Crippen molar-refractivity contribution in [2.45, 2.75) is 50.6 Å². The summed E-state index contributed by atoms with van der Waals surface area (Å²) >= 11 is 1.60. The van der Waals surface area contributed by atoms with Gasteiger partial charge in [-0.15, -0.1) is 11.8 Å². The first-order chi connectivity index (χ1) is 27.5. The van der Waals surface area contributed by atoms with Crippen molar-refractivity contribution in [3.63, 3.8) is 0 Å². The third kappa shape index (κ3) is 8.84. The normalized spacial score (nSPS) is 12.8. The highest BCUT2D eigenvalue weighted by Gasteiger charge is 2.38. The summed E-state index contributed by atoms with van der Waals surface area (Å²) in [6.07, 6.45) is 3.75. The van der Waals surface area contributed by atoms with Crippen molar-refractivity contribution in [1.29, 1.82) is 0 Å². The minimum absolute atomic E-state index is 0.0563. The second kappa shape index (κ2) is 17.2. The lowest BCUT2D eigenvalue weighted by Crippen LogP contribution is -2.43. The molecule has 1 aromatic heterocycles. The van der Waals surface area contributed by atoms with Crippen LogP contribution in [0.25, 0.3) is 22.3 Å². The maximum Gasteiger partial charge on any atom is 0.407 e. The summed E-state index contributed by atoms with van der Waals surface area (Å²) in [4.78, 5) is 30.7. The Hall–Kier alpha value is -5.67. The molecule has 1 heterocycles. The minimum atomic E-state index is -0.537. The number of halogens is 2. The van der Waals surface area contributed by atoms with Gasteiger partial charge in [-0.1, -0.05) is 99.6 Å². The molecule has 1 aliphatic carbocycles. The fourth-order valence-corrected chi connectivity index (χ4v) is 8.36. The van der Waals surface area contributed by atoms with Gasteiger partial charge < -0.3 is 19.5 Å². The van der Waals surface area contributed by atoms with Gasteiger partial charge in [0.25, 0.3) is 5.91 Å². The molecule has 0 saturated carbocycles. The third-order valence-corrected chi connectivity index (χ3v) is 11.3. The van der Waals surface area contributed by atoms with Crippen molar-refractivity contribution in [3.05, 3.63) is 173 Å². The molecule has 0 bridgehead atoms. The molecule has 0 radical (unpaired) electrons. The van der Waals surface area contributed by atoms with Crippen LogP contribution in [0.3, 0.4) is 0 Å². The first kappa shape index (κ1) is 39.6. The van der Waals surface area contributed by atoms with E-state index in [1.165, 1.54) is 6.07 Å². The molecule has 6 aromatic rings. The number of nitrogens with zero attached hydrogens (tertiary/aromatic N) is 2. The standard InChI is InChI=1S/C48H47F2N3O3S/c1-48(2,3)45(44-27-34(41-28-35(49)21-24-43(41)50)30-52(44)29-32-13-6-5-7-14-32)53(46(54)33-19-22-36(57-4)23-20-33)26-12-25-51-47(55)56-31-42-39-17-10-8-15-37(39)38-16-9-11-18-40(38)42/h5-11,13-24,27-28,30,42,45H,12,25-26,29,31H2,1-4H3,(H,51,55)/t45-/m0/s1. The van der Waals surface area contributed by atoms with Crippen LogP contribution in [-0.2, 0) is 11.3 Å². The number of carbonyl (C=O) groups is 2. The molecule has 0 spiro atoms. The van der Waals surface area contributed by atoms with E-state index >= 15 is 4.39 Å². The minimum Gasteiger partial charge on any atom is -0.449 e. The lowest BCUT2D eigenvalue weighted by atomic mass is 9.82. The molecule has 0 aliphatic heterocycles. The molecule has 57 heavy (non-hydrogen) atoms. The predicted molar refractivity (Wildman–Crippen MR) is 224 cm³/mol. The number of hydrogen-bond acceptors (Lipinski definition) is 4. The average molecular weight is 784 g/mol. The lowest BCUT2D eigenvalue weighted by Gasteiger charge is -2.41. The van der Waals surface area contributed by atoms with E-state index in [-0.39, 0.29) is 30.5 Å². The molecule has 1 atom stereocenters. The fourth-order valence-electron chi connectivity index (χ4n) is 7.95. The first-order valence-corrected chi connectivity index (χ1v) is 20.5. The van der Waals surface area contributed by atoms with Crippen LogP contribution < -0.4 is 5.32 Å². The summed E-state index contributed by atoms with van der Waals surface area (Å²) in [7, 11) is 0. The Morgan fingerprint density at radius 2 is 1.47 bits per heavy atom. The Balaban J connectivity index is 1.15. The molecule has 9 heteroatoms. The third-order valence-electron chi connectivity index (χ3n) is 10.6. The maximum absolute atomic E-state index is 15.3. The van der Waals surface area contributed by atoms with Gasteiger partial charge in [0.1, 0.15) is 18.2 Å².